The molecule has 1 atom stereocenters. The van der Waals surface area contributed by atoms with Gasteiger partial charge in [-0.05, 0) is 61.4 Å². The van der Waals surface area contributed by atoms with Gasteiger partial charge >= 0.3 is 12.1 Å². The summed E-state index contributed by atoms with van der Waals surface area (Å²) in [5, 5.41) is 21.5. The molecule has 1 aromatic heterocycles. The Kier molecular flexibility index (Phi) is 6.30. The van der Waals surface area contributed by atoms with E-state index in [0.717, 1.165) is 23.3 Å². The van der Waals surface area contributed by atoms with Crippen LogP contribution in [0.4, 0.5) is 24.7 Å². The molecule has 4 aromatic rings. The van der Waals surface area contributed by atoms with E-state index in [4.69, 9.17) is 4.42 Å². The molecule has 0 fully saturated rings. The Morgan fingerprint density at radius 3 is 2.54 bits per heavy atom. The van der Waals surface area contributed by atoms with Crippen LogP contribution in [0.25, 0.3) is 11.0 Å². The Morgan fingerprint density at radius 1 is 1.13 bits per heavy atom. The van der Waals surface area contributed by atoms with Crippen LogP contribution in [0.15, 0.2) is 63.8 Å². The number of alkyl halides is 3. The maximum absolute atomic E-state index is 13.9. The molecule has 3 aromatic carbocycles. The van der Waals surface area contributed by atoms with E-state index in [-0.39, 0.29) is 39.2 Å². The first-order valence-electron chi connectivity index (χ1n) is 12.0. The number of nitrogens with one attached hydrogen (secondary N) is 1. The SMILES string of the molecule is Cc1c(N2Cc3ccc(C#N)cc3C2)oc2c(C(C)Nc3ccccc3C(=O)O)cc(C(F)(F)F)cc2c1=O. The number of nitrogens with zero attached hydrogens (tertiary/aromatic N) is 2. The molecule has 39 heavy (non-hydrogen) atoms. The number of fused-ring (bicyclic) bond motifs is 2. The topological polar surface area (TPSA) is 107 Å². The highest BCUT2D eigenvalue weighted by molar-refractivity contribution is 5.94. The first kappa shape index (κ1) is 25.9. The third kappa shape index (κ3) is 4.68. The molecule has 0 aliphatic carbocycles. The number of carboxylic acids is 1. The first-order valence-corrected chi connectivity index (χ1v) is 12.0. The number of benzene rings is 3. The zero-order chi connectivity index (χ0) is 28.1. The number of carboxylic acid groups (broad SMARTS) is 1. The summed E-state index contributed by atoms with van der Waals surface area (Å²) in [5.74, 6) is -0.974. The van der Waals surface area contributed by atoms with E-state index in [1.165, 1.54) is 19.1 Å². The molecule has 7 nitrogen and oxygen atoms in total. The van der Waals surface area contributed by atoms with Gasteiger partial charge in [0.1, 0.15) is 5.58 Å². The number of para-hydroxylation sites is 1. The van der Waals surface area contributed by atoms with Crippen LogP contribution >= 0.6 is 0 Å². The van der Waals surface area contributed by atoms with E-state index < -0.39 is 29.2 Å². The van der Waals surface area contributed by atoms with Gasteiger partial charge in [0.2, 0.25) is 5.88 Å². The first-order chi connectivity index (χ1) is 18.5. The summed E-state index contributed by atoms with van der Waals surface area (Å²) in [6, 6.07) is 14.3. The number of nitriles is 1. The highest BCUT2D eigenvalue weighted by Gasteiger charge is 2.34. The highest BCUT2D eigenvalue weighted by Crippen LogP contribution is 2.38. The maximum atomic E-state index is 13.9. The maximum Gasteiger partial charge on any atom is 0.416 e. The van der Waals surface area contributed by atoms with Crippen molar-refractivity contribution in [1.82, 2.24) is 0 Å². The fourth-order valence-corrected chi connectivity index (χ4v) is 4.91. The van der Waals surface area contributed by atoms with Crippen LogP contribution in [0.3, 0.4) is 0 Å². The van der Waals surface area contributed by atoms with E-state index in [1.54, 1.807) is 36.1 Å². The van der Waals surface area contributed by atoms with Crippen LogP contribution in [-0.2, 0) is 19.3 Å². The van der Waals surface area contributed by atoms with Gasteiger partial charge in [0.05, 0.1) is 39.8 Å². The number of halogens is 3. The standard InChI is InChI=1S/C29H22F3N3O4/c1-15-25(36)23-11-20(29(30,31)32)10-22(16(2)34-24-6-4-3-5-21(24)28(37)38)26(23)39-27(15)35-13-18-8-7-17(12-33)9-19(18)14-35/h3-11,16,34H,13-14H2,1-2H3,(H,37,38). The van der Waals surface area contributed by atoms with Crippen LogP contribution in [0.2, 0.25) is 0 Å². The summed E-state index contributed by atoms with van der Waals surface area (Å²) in [5.41, 5.74) is 1.10. The van der Waals surface area contributed by atoms with Crippen LogP contribution in [0, 0.1) is 18.3 Å². The van der Waals surface area contributed by atoms with Crippen molar-refractivity contribution in [2.24, 2.45) is 0 Å². The third-order valence-corrected chi connectivity index (χ3v) is 6.89. The van der Waals surface area contributed by atoms with Crippen molar-refractivity contribution >= 4 is 28.5 Å². The summed E-state index contributed by atoms with van der Waals surface area (Å²) in [7, 11) is 0. The van der Waals surface area contributed by atoms with Gasteiger partial charge in [0.25, 0.3) is 0 Å². The predicted octanol–water partition coefficient (Wildman–Crippen LogP) is 6.38. The van der Waals surface area contributed by atoms with E-state index in [9.17, 15) is 33.1 Å². The van der Waals surface area contributed by atoms with E-state index in [1.807, 2.05) is 6.07 Å². The molecule has 0 saturated heterocycles. The molecule has 0 saturated carbocycles. The van der Waals surface area contributed by atoms with Gasteiger partial charge in [0, 0.05) is 24.3 Å². The van der Waals surface area contributed by atoms with Crippen LogP contribution in [0.5, 0.6) is 0 Å². The number of rotatable bonds is 5. The van der Waals surface area contributed by atoms with Gasteiger partial charge in [-0.3, -0.25) is 4.79 Å². The highest BCUT2D eigenvalue weighted by atomic mass is 19.4. The molecule has 1 aliphatic rings. The van der Waals surface area contributed by atoms with Crippen molar-refractivity contribution in [1.29, 1.82) is 5.26 Å². The van der Waals surface area contributed by atoms with Crippen molar-refractivity contribution in [2.75, 3.05) is 10.2 Å². The minimum Gasteiger partial charge on any atom is -0.478 e. The Morgan fingerprint density at radius 2 is 1.85 bits per heavy atom. The minimum absolute atomic E-state index is 0.0184. The van der Waals surface area contributed by atoms with Crippen molar-refractivity contribution in [2.45, 2.75) is 39.2 Å². The Bertz CT molecular complexity index is 1740. The van der Waals surface area contributed by atoms with Crippen molar-refractivity contribution in [3.8, 4) is 6.07 Å². The minimum atomic E-state index is -4.73. The average Bonchev–Trinajstić information content (AvgIpc) is 3.32. The molecule has 5 rings (SSSR count). The lowest BCUT2D eigenvalue weighted by molar-refractivity contribution is -0.137. The van der Waals surface area contributed by atoms with E-state index in [2.05, 4.69) is 11.4 Å². The smallest absolute Gasteiger partial charge is 0.416 e. The predicted molar refractivity (Wildman–Crippen MR) is 139 cm³/mol. The molecule has 1 unspecified atom stereocenters. The van der Waals surface area contributed by atoms with Crippen molar-refractivity contribution in [3.63, 3.8) is 0 Å². The summed E-state index contributed by atoms with van der Waals surface area (Å²) in [6.45, 7) is 3.83. The molecule has 10 heteroatoms. The molecule has 2 N–H and O–H groups in total. The Hall–Kier alpha value is -4.78. The summed E-state index contributed by atoms with van der Waals surface area (Å²) in [4.78, 5) is 26.9. The normalized spacial score (nSPS) is 13.7. The van der Waals surface area contributed by atoms with Crippen molar-refractivity contribution in [3.05, 3.63) is 104 Å². The zero-order valence-corrected chi connectivity index (χ0v) is 20.9. The summed E-state index contributed by atoms with van der Waals surface area (Å²) < 4.78 is 47.8. The van der Waals surface area contributed by atoms with Crippen LogP contribution in [-0.4, -0.2) is 11.1 Å². The molecule has 1 aliphatic heterocycles. The summed E-state index contributed by atoms with van der Waals surface area (Å²) in [6.07, 6.45) is -4.73. The second-order valence-electron chi connectivity index (χ2n) is 9.47. The fraction of sp³-hybridized carbons (Fsp3) is 0.207. The van der Waals surface area contributed by atoms with E-state index in [0.29, 0.717) is 18.7 Å². The molecule has 0 spiro atoms. The van der Waals surface area contributed by atoms with Gasteiger partial charge < -0.3 is 19.7 Å². The summed E-state index contributed by atoms with van der Waals surface area (Å²) >= 11 is 0. The third-order valence-electron chi connectivity index (χ3n) is 6.89. The lowest BCUT2D eigenvalue weighted by atomic mass is 9.99. The van der Waals surface area contributed by atoms with Gasteiger partial charge in [-0.15, -0.1) is 0 Å². The Balaban J connectivity index is 1.65. The molecule has 198 valence electrons. The molecular weight excluding hydrogens is 511 g/mol. The molecule has 0 bridgehead atoms. The van der Waals surface area contributed by atoms with E-state index >= 15 is 0 Å². The number of anilines is 2. The second-order valence-corrected chi connectivity index (χ2v) is 9.47. The van der Waals surface area contributed by atoms with Gasteiger partial charge in [0.15, 0.2) is 5.43 Å². The second kappa shape index (κ2) is 9.51. The lowest BCUT2D eigenvalue weighted by Crippen LogP contribution is -2.21. The molecule has 2 heterocycles. The van der Waals surface area contributed by atoms with Crippen molar-refractivity contribution < 1.29 is 27.5 Å². The monoisotopic (exact) mass is 533 g/mol. The number of hydrogen-bond acceptors (Lipinski definition) is 6. The zero-order valence-electron chi connectivity index (χ0n) is 20.9. The quantitative estimate of drug-likeness (QED) is 0.306. The van der Waals surface area contributed by atoms with Crippen LogP contribution < -0.4 is 15.6 Å². The van der Waals surface area contributed by atoms with Gasteiger partial charge in [-0.1, -0.05) is 18.2 Å². The largest absolute Gasteiger partial charge is 0.478 e. The van der Waals surface area contributed by atoms with Gasteiger partial charge in [-0.2, -0.15) is 18.4 Å². The molecular formula is C29H22F3N3O4. The van der Waals surface area contributed by atoms with Gasteiger partial charge in [-0.25, -0.2) is 4.79 Å². The average molecular weight is 534 g/mol. The number of carbonyl (C=O) groups is 1. The lowest BCUT2D eigenvalue weighted by Gasteiger charge is -2.23. The Labute approximate surface area is 220 Å². The molecule has 0 amide bonds. The van der Waals surface area contributed by atoms with Crippen LogP contribution in [0.1, 0.15) is 56.7 Å². The number of hydrogen-bond donors (Lipinski definition) is 2. The fourth-order valence-electron chi connectivity index (χ4n) is 4.91. The number of aromatic carboxylic acids is 1. The molecule has 0 radical (unpaired) electrons.